The third-order valence-corrected chi connectivity index (χ3v) is 4.94. The fourth-order valence-corrected chi connectivity index (χ4v) is 3.00. The van der Waals surface area contributed by atoms with E-state index in [1.54, 1.807) is 24.5 Å². The predicted molar refractivity (Wildman–Crippen MR) is 110 cm³/mol. The fraction of sp³-hybridized carbons (Fsp3) is 0.409. The van der Waals surface area contributed by atoms with E-state index in [1.165, 1.54) is 0 Å². The molecule has 1 fully saturated rings. The van der Waals surface area contributed by atoms with Gasteiger partial charge in [-0.1, -0.05) is 26.0 Å². The van der Waals surface area contributed by atoms with Crippen LogP contribution in [-0.2, 0) is 11.3 Å². The van der Waals surface area contributed by atoms with Crippen LogP contribution in [0.4, 0.5) is 5.69 Å². The van der Waals surface area contributed by atoms with Crippen LogP contribution in [0, 0.1) is 11.3 Å². The Balaban J connectivity index is 1.65. The average Bonchev–Trinajstić information content (AvgIpc) is 3.54. The summed E-state index contributed by atoms with van der Waals surface area (Å²) in [4.78, 5) is 30.8. The first-order chi connectivity index (χ1) is 13.4. The van der Waals surface area contributed by atoms with Crippen molar-refractivity contribution in [3.8, 4) is 0 Å². The van der Waals surface area contributed by atoms with Crippen LogP contribution in [0.15, 0.2) is 48.8 Å². The molecular weight excluding hydrogens is 352 g/mol. The zero-order valence-electron chi connectivity index (χ0n) is 16.5. The third kappa shape index (κ3) is 5.39. The van der Waals surface area contributed by atoms with E-state index in [1.807, 2.05) is 29.2 Å². The minimum Gasteiger partial charge on any atom is -0.338 e. The number of pyridine rings is 1. The molecule has 1 heterocycles. The first-order valence-corrected chi connectivity index (χ1v) is 9.67. The number of hydrogen-bond donors (Lipinski definition) is 2. The minimum absolute atomic E-state index is 0.122. The summed E-state index contributed by atoms with van der Waals surface area (Å²) in [6.45, 7) is 5.88. The van der Waals surface area contributed by atoms with Crippen molar-refractivity contribution in [3.05, 3.63) is 59.9 Å². The molecule has 6 nitrogen and oxygen atoms in total. The average molecular weight is 380 g/mol. The van der Waals surface area contributed by atoms with E-state index in [0.717, 1.165) is 18.4 Å². The normalized spacial score (nSPS) is 13.8. The summed E-state index contributed by atoms with van der Waals surface area (Å²) in [5, 5.41) is 2.87. The van der Waals surface area contributed by atoms with Crippen molar-refractivity contribution in [1.29, 1.82) is 0 Å². The number of aromatic nitrogens is 1. The summed E-state index contributed by atoms with van der Waals surface area (Å²) in [6, 6.07) is 11.0. The van der Waals surface area contributed by atoms with Gasteiger partial charge in [-0.25, -0.2) is 0 Å². The zero-order chi connectivity index (χ0) is 20.1. The van der Waals surface area contributed by atoms with E-state index >= 15 is 0 Å². The first-order valence-electron chi connectivity index (χ1n) is 9.67. The molecule has 0 bridgehead atoms. The molecule has 28 heavy (non-hydrogen) atoms. The van der Waals surface area contributed by atoms with Crippen LogP contribution in [0.1, 0.15) is 42.6 Å². The lowest BCUT2D eigenvalue weighted by Gasteiger charge is -2.32. The Kier molecular flexibility index (Phi) is 6.09. The molecule has 1 aliphatic rings. The number of hydrogen-bond acceptors (Lipinski definition) is 4. The lowest BCUT2D eigenvalue weighted by atomic mass is 9.92. The molecule has 0 spiro atoms. The van der Waals surface area contributed by atoms with Crippen molar-refractivity contribution in [2.75, 3.05) is 18.4 Å². The van der Waals surface area contributed by atoms with Crippen molar-refractivity contribution in [3.63, 3.8) is 0 Å². The lowest BCUT2D eigenvalue weighted by molar-refractivity contribution is -0.134. The molecule has 2 amide bonds. The van der Waals surface area contributed by atoms with Crippen molar-refractivity contribution in [1.82, 2.24) is 9.88 Å². The highest BCUT2D eigenvalue weighted by atomic mass is 16.2. The molecule has 0 atom stereocenters. The Bertz CT molecular complexity index is 814. The van der Waals surface area contributed by atoms with Gasteiger partial charge in [0.15, 0.2) is 0 Å². The summed E-state index contributed by atoms with van der Waals surface area (Å²) in [5.74, 6) is 0.217. The predicted octanol–water partition coefficient (Wildman–Crippen LogP) is 3.06. The van der Waals surface area contributed by atoms with Crippen LogP contribution in [0.5, 0.6) is 0 Å². The highest BCUT2D eigenvalue weighted by Gasteiger charge is 2.35. The van der Waals surface area contributed by atoms with E-state index in [9.17, 15) is 9.59 Å². The van der Waals surface area contributed by atoms with Crippen LogP contribution < -0.4 is 11.1 Å². The minimum atomic E-state index is -0.176. The van der Waals surface area contributed by atoms with Crippen molar-refractivity contribution >= 4 is 17.5 Å². The van der Waals surface area contributed by atoms with Crippen LogP contribution in [-0.4, -0.2) is 34.8 Å². The highest BCUT2D eigenvalue weighted by Crippen LogP contribution is 2.32. The van der Waals surface area contributed by atoms with Crippen LogP contribution in [0.25, 0.3) is 0 Å². The van der Waals surface area contributed by atoms with E-state index in [-0.39, 0.29) is 23.1 Å². The van der Waals surface area contributed by atoms with Gasteiger partial charge in [0.05, 0.1) is 0 Å². The molecule has 0 saturated heterocycles. The zero-order valence-corrected chi connectivity index (χ0v) is 16.5. The maximum Gasteiger partial charge on any atom is 0.255 e. The number of nitrogens with zero attached hydrogens (tertiary/aromatic N) is 2. The third-order valence-electron chi connectivity index (χ3n) is 4.94. The van der Waals surface area contributed by atoms with Gasteiger partial charge in [-0.05, 0) is 54.6 Å². The Morgan fingerprint density at radius 3 is 2.36 bits per heavy atom. The number of benzene rings is 1. The number of carbonyl (C=O) groups is 2. The van der Waals surface area contributed by atoms with Crippen molar-refractivity contribution < 1.29 is 9.59 Å². The Labute approximate surface area is 166 Å². The smallest absolute Gasteiger partial charge is 0.255 e. The molecule has 2 aromatic rings. The van der Waals surface area contributed by atoms with Gasteiger partial charge in [0, 0.05) is 42.7 Å². The van der Waals surface area contributed by atoms with Gasteiger partial charge in [-0.3, -0.25) is 14.6 Å². The second-order valence-electron chi connectivity index (χ2n) is 8.22. The number of nitrogens with two attached hydrogens (primary N) is 1. The molecule has 3 rings (SSSR count). The number of amides is 2. The maximum absolute atomic E-state index is 12.7. The Morgan fingerprint density at radius 1 is 1.14 bits per heavy atom. The van der Waals surface area contributed by atoms with Crippen molar-refractivity contribution in [2.45, 2.75) is 33.2 Å². The molecule has 3 N–H and O–H groups in total. The van der Waals surface area contributed by atoms with E-state index in [2.05, 4.69) is 24.1 Å². The van der Waals surface area contributed by atoms with Gasteiger partial charge in [-0.15, -0.1) is 0 Å². The second kappa shape index (κ2) is 8.52. The largest absolute Gasteiger partial charge is 0.338 e. The summed E-state index contributed by atoms with van der Waals surface area (Å²) < 4.78 is 0. The quantitative estimate of drug-likeness (QED) is 0.737. The molecule has 148 valence electrons. The Morgan fingerprint density at radius 2 is 1.79 bits per heavy atom. The first kappa shape index (κ1) is 20.0. The van der Waals surface area contributed by atoms with Gasteiger partial charge < -0.3 is 16.0 Å². The van der Waals surface area contributed by atoms with Gasteiger partial charge in [0.2, 0.25) is 5.91 Å². The summed E-state index contributed by atoms with van der Waals surface area (Å²) in [5.41, 5.74) is 8.06. The van der Waals surface area contributed by atoms with Crippen molar-refractivity contribution in [2.24, 2.45) is 17.1 Å². The maximum atomic E-state index is 12.7. The summed E-state index contributed by atoms with van der Waals surface area (Å²) in [7, 11) is 0. The van der Waals surface area contributed by atoms with Gasteiger partial charge in [0.25, 0.3) is 5.91 Å². The SMILES string of the molecule is CC(C)(CN)CN(Cc1ccc(NC(=O)c2ccncc2)cc1)C(=O)C1CC1. The molecule has 0 aliphatic heterocycles. The molecule has 1 saturated carbocycles. The number of rotatable bonds is 8. The fourth-order valence-electron chi connectivity index (χ4n) is 3.00. The van der Waals surface area contributed by atoms with Crippen LogP contribution >= 0.6 is 0 Å². The molecule has 1 aliphatic carbocycles. The monoisotopic (exact) mass is 380 g/mol. The van der Waals surface area contributed by atoms with E-state index < -0.39 is 0 Å². The van der Waals surface area contributed by atoms with Crippen LogP contribution in [0.3, 0.4) is 0 Å². The molecule has 1 aromatic carbocycles. The summed E-state index contributed by atoms with van der Waals surface area (Å²) in [6.07, 6.45) is 5.15. The molecule has 1 aromatic heterocycles. The van der Waals surface area contributed by atoms with E-state index in [0.29, 0.717) is 30.9 Å². The molecule has 0 radical (unpaired) electrons. The number of anilines is 1. The van der Waals surface area contributed by atoms with E-state index in [4.69, 9.17) is 5.73 Å². The van der Waals surface area contributed by atoms with Gasteiger partial charge >= 0.3 is 0 Å². The highest BCUT2D eigenvalue weighted by molar-refractivity contribution is 6.04. The number of carbonyl (C=O) groups excluding carboxylic acids is 2. The Hall–Kier alpha value is -2.73. The van der Waals surface area contributed by atoms with Gasteiger partial charge in [-0.2, -0.15) is 0 Å². The lowest BCUT2D eigenvalue weighted by Crippen LogP contribution is -2.42. The molecule has 6 heteroatoms. The number of nitrogens with one attached hydrogen (secondary N) is 1. The molecule has 0 unspecified atom stereocenters. The topological polar surface area (TPSA) is 88.3 Å². The standard InChI is InChI=1S/C22H28N4O2/c1-22(2,14-23)15-26(21(28)18-5-6-18)13-16-3-7-19(8-4-16)25-20(27)17-9-11-24-12-10-17/h3-4,7-12,18H,5-6,13-15,23H2,1-2H3,(H,25,27). The van der Waals surface area contributed by atoms with Gasteiger partial charge in [0.1, 0.15) is 0 Å². The molecular formula is C22H28N4O2. The second-order valence-corrected chi connectivity index (χ2v) is 8.22. The van der Waals surface area contributed by atoms with Crippen LogP contribution in [0.2, 0.25) is 0 Å². The summed E-state index contributed by atoms with van der Waals surface area (Å²) >= 11 is 0.